The van der Waals surface area contributed by atoms with E-state index in [0.717, 1.165) is 24.2 Å². The highest BCUT2D eigenvalue weighted by molar-refractivity contribution is 6.30. The van der Waals surface area contributed by atoms with Crippen LogP contribution in [0.15, 0.2) is 71.3 Å². The second-order valence-electron chi connectivity index (χ2n) is 7.14. The molecule has 1 aliphatic rings. The van der Waals surface area contributed by atoms with Crippen LogP contribution in [0.4, 0.5) is 5.69 Å². The Morgan fingerprint density at radius 2 is 1.79 bits per heavy atom. The normalized spacial score (nSPS) is 16.4. The van der Waals surface area contributed by atoms with E-state index in [1.54, 1.807) is 47.6 Å². The number of piperidine rings is 1. The fourth-order valence-electron chi connectivity index (χ4n) is 3.56. The number of likely N-dealkylation sites (tertiary alicyclic amines) is 1. The molecule has 1 atom stereocenters. The van der Waals surface area contributed by atoms with Gasteiger partial charge in [-0.2, -0.15) is 0 Å². The highest BCUT2D eigenvalue weighted by Gasteiger charge is 2.29. The minimum Gasteiger partial charge on any atom is -0.464 e. The van der Waals surface area contributed by atoms with Gasteiger partial charge in [-0.25, -0.2) is 0 Å². The maximum absolute atomic E-state index is 12.9. The van der Waals surface area contributed by atoms with Crippen LogP contribution in [-0.4, -0.2) is 29.8 Å². The summed E-state index contributed by atoms with van der Waals surface area (Å²) < 4.78 is 5.38. The first-order valence-electron chi connectivity index (χ1n) is 9.60. The van der Waals surface area contributed by atoms with E-state index >= 15 is 0 Å². The van der Waals surface area contributed by atoms with Gasteiger partial charge in [-0.15, -0.1) is 0 Å². The van der Waals surface area contributed by atoms with Gasteiger partial charge >= 0.3 is 0 Å². The summed E-state index contributed by atoms with van der Waals surface area (Å²) in [5.74, 6) is 0.407. The van der Waals surface area contributed by atoms with E-state index in [0.29, 0.717) is 29.4 Å². The van der Waals surface area contributed by atoms with Crippen LogP contribution >= 0.6 is 11.6 Å². The van der Waals surface area contributed by atoms with Gasteiger partial charge in [0.1, 0.15) is 5.76 Å². The molecule has 6 heteroatoms. The van der Waals surface area contributed by atoms with Crippen LogP contribution in [0.3, 0.4) is 0 Å². The zero-order chi connectivity index (χ0) is 20.2. The van der Waals surface area contributed by atoms with E-state index in [1.165, 1.54) is 0 Å². The van der Waals surface area contributed by atoms with Gasteiger partial charge in [0.05, 0.1) is 12.2 Å². The van der Waals surface area contributed by atoms with Gasteiger partial charge in [-0.3, -0.25) is 9.59 Å². The van der Waals surface area contributed by atoms with E-state index < -0.39 is 0 Å². The van der Waals surface area contributed by atoms with Crippen molar-refractivity contribution in [2.75, 3.05) is 18.4 Å². The Morgan fingerprint density at radius 3 is 2.48 bits per heavy atom. The molecule has 4 rings (SSSR count). The van der Waals surface area contributed by atoms with E-state index in [9.17, 15) is 9.59 Å². The summed E-state index contributed by atoms with van der Waals surface area (Å²) in [7, 11) is 0. The monoisotopic (exact) mass is 408 g/mol. The maximum Gasteiger partial charge on any atom is 0.253 e. The summed E-state index contributed by atoms with van der Waals surface area (Å²) in [6.07, 6.45) is 3.19. The zero-order valence-corrected chi connectivity index (χ0v) is 16.6. The van der Waals surface area contributed by atoms with E-state index in [4.69, 9.17) is 16.0 Å². The highest BCUT2D eigenvalue weighted by atomic mass is 35.5. The fourth-order valence-corrected chi connectivity index (χ4v) is 3.68. The number of furan rings is 1. The lowest BCUT2D eigenvalue weighted by Crippen LogP contribution is -2.43. The summed E-state index contributed by atoms with van der Waals surface area (Å²) in [6.45, 7) is 1.07. The molecule has 29 heavy (non-hydrogen) atoms. The predicted octanol–water partition coefficient (Wildman–Crippen LogP) is 5.09. The smallest absolute Gasteiger partial charge is 0.253 e. The second-order valence-corrected chi connectivity index (χ2v) is 7.58. The van der Waals surface area contributed by atoms with Crippen molar-refractivity contribution >= 4 is 29.1 Å². The molecule has 2 heterocycles. The SMILES string of the molecule is O=C(Nc1ccc(Cl)cc1)C1CCCN(C(=O)c2ccc(-c3ccco3)cc2)C1. The summed E-state index contributed by atoms with van der Waals surface area (Å²) >= 11 is 5.89. The average Bonchev–Trinajstić information content (AvgIpc) is 3.30. The molecular weight excluding hydrogens is 388 g/mol. The van der Waals surface area contributed by atoms with Gasteiger partial charge in [0.15, 0.2) is 0 Å². The lowest BCUT2D eigenvalue weighted by atomic mass is 9.96. The molecule has 5 nitrogen and oxygen atoms in total. The van der Waals surface area contributed by atoms with E-state index in [-0.39, 0.29) is 17.7 Å². The molecule has 0 radical (unpaired) electrons. The van der Waals surface area contributed by atoms with Crippen LogP contribution in [-0.2, 0) is 4.79 Å². The lowest BCUT2D eigenvalue weighted by Gasteiger charge is -2.32. The summed E-state index contributed by atoms with van der Waals surface area (Å²) in [6, 6.07) is 18.1. The number of rotatable bonds is 4. The molecule has 1 aromatic heterocycles. The Bertz CT molecular complexity index is 982. The number of hydrogen-bond donors (Lipinski definition) is 1. The van der Waals surface area contributed by atoms with Crippen molar-refractivity contribution in [3.05, 3.63) is 77.5 Å². The Hall–Kier alpha value is -3.05. The van der Waals surface area contributed by atoms with Crippen molar-refractivity contribution in [2.24, 2.45) is 5.92 Å². The first kappa shape index (κ1) is 19.3. The van der Waals surface area contributed by atoms with Crippen LogP contribution in [0.2, 0.25) is 5.02 Å². The fraction of sp³-hybridized carbons (Fsp3) is 0.217. The van der Waals surface area contributed by atoms with Crippen molar-refractivity contribution in [3.8, 4) is 11.3 Å². The van der Waals surface area contributed by atoms with Crippen molar-refractivity contribution in [2.45, 2.75) is 12.8 Å². The van der Waals surface area contributed by atoms with Gasteiger partial charge in [0.25, 0.3) is 5.91 Å². The first-order valence-corrected chi connectivity index (χ1v) is 9.97. The quantitative estimate of drug-likeness (QED) is 0.653. The number of benzene rings is 2. The topological polar surface area (TPSA) is 62.6 Å². The minimum absolute atomic E-state index is 0.0556. The molecule has 3 aromatic rings. The molecule has 0 aliphatic carbocycles. The zero-order valence-electron chi connectivity index (χ0n) is 15.8. The van der Waals surface area contributed by atoms with Crippen molar-refractivity contribution in [1.29, 1.82) is 0 Å². The summed E-state index contributed by atoms with van der Waals surface area (Å²) in [4.78, 5) is 27.3. The van der Waals surface area contributed by atoms with E-state index in [2.05, 4.69) is 5.32 Å². The molecular formula is C23H21ClN2O3. The van der Waals surface area contributed by atoms with Gasteiger partial charge in [-0.05, 0) is 61.4 Å². The molecule has 0 spiro atoms. The third kappa shape index (κ3) is 4.51. The van der Waals surface area contributed by atoms with Crippen LogP contribution in [0.25, 0.3) is 11.3 Å². The van der Waals surface area contributed by atoms with Gasteiger partial charge in [-0.1, -0.05) is 23.7 Å². The molecule has 0 bridgehead atoms. The van der Waals surface area contributed by atoms with Crippen LogP contribution in [0.1, 0.15) is 23.2 Å². The Labute approximate surface area is 174 Å². The van der Waals surface area contributed by atoms with Crippen LogP contribution < -0.4 is 5.32 Å². The number of amides is 2. The molecule has 1 fully saturated rings. The number of nitrogens with one attached hydrogen (secondary N) is 1. The Morgan fingerprint density at radius 1 is 1.03 bits per heavy atom. The molecule has 1 saturated heterocycles. The number of anilines is 1. The van der Waals surface area contributed by atoms with Crippen LogP contribution in [0.5, 0.6) is 0 Å². The molecule has 148 valence electrons. The third-order valence-corrected chi connectivity index (χ3v) is 5.38. The van der Waals surface area contributed by atoms with E-state index in [1.807, 2.05) is 24.3 Å². The standard InChI is InChI=1S/C23H21ClN2O3/c24-19-9-11-20(12-10-19)25-22(27)18-3-1-13-26(15-18)23(28)17-7-5-16(6-8-17)21-4-2-14-29-21/h2,4-12,14,18H,1,3,13,15H2,(H,25,27). The van der Waals surface area contributed by atoms with Crippen LogP contribution in [0, 0.1) is 5.92 Å². The molecule has 2 amide bonds. The number of nitrogens with zero attached hydrogens (tertiary/aromatic N) is 1. The largest absolute Gasteiger partial charge is 0.464 e. The first-order chi connectivity index (χ1) is 14.1. The maximum atomic E-state index is 12.9. The number of halogens is 1. The van der Waals surface area contributed by atoms with Gasteiger partial charge in [0.2, 0.25) is 5.91 Å². The number of carbonyl (C=O) groups is 2. The summed E-state index contributed by atoms with van der Waals surface area (Å²) in [5, 5.41) is 3.54. The Balaban J connectivity index is 1.40. The number of carbonyl (C=O) groups excluding carboxylic acids is 2. The van der Waals surface area contributed by atoms with Crippen molar-refractivity contribution in [3.63, 3.8) is 0 Å². The molecule has 1 aliphatic heterocycles. The molecule has 1 unspecified atom stereocenters. The van der Waals surface area contributed by atoms with Gasteiger partial charge < -0.3 is 14.6 Å². The third-order valence-electron chi connectivity index (χ3n) is 5.13. The molecule has 1 N–H and O–H groups in total. The van der Waals surface area contributed by atoms with Crippen molar-refractivity contribution in [1.82, 2.24) is 4.90 Å². The number of hydrogen-bond acceptors (Lipinski definition) is 3. The predicted molar refractivity (Wildman–Crippen MR) is 113 cm³/mol. The molecule has 0 saturated carbocycles. The molecule has 2 aromatic carbocycles. The Kier molecular flexibility index (Phi) is 5.67. The average molecular weight is 409 g/mol. The minimum atomic E-state index is -0.231. The van der Waals surface area contributed by atoms with Gasteiger partial charge in [0, 0.05) is 34.9 Å². The highest BCUT2D eigenvalue weighted by Crippen LogP contribution is 2.23. The van der Waals surface area contributed by atoms with Crippen molar-refractivity contribution < 1.29 is 14.0 Å². The lowest BCUT2D eigenvalue weighted by molar-refractivity contribution is -0.121. The summed E-state index contributed by atoms with van der Waals surface area (Å²) in [5.41, 5.74) is 2.24. The second kappa shape index (κ2) is 8.53.